The van der Waals surface area contributed by atoms with Crippen LogP contribution in [0.25, 0.3) is 0 Å². The van der Waals surface area contributed by atoms with E-state index in [1.54, 1.807) is 19.1 Å². The molecule has 1 unspecified atom stereocenters. The second-order valence-electron chi connectivity index (χ2n) is 4.13. The van der Waals surface area contributed by atoms with Gasteiger partial charge in [0.1, 0.15) is 6.04 Å². The molecule has 1 aliphatic rings. The molecule has 1 aromatic rings. The molecule has 0 aromatic heterocycles. The molecule has 1 atom stereocenters. The highest BCUT2D eigenvalue weighted by Crippen LogP contribution is 2.25. The molecule has 1 aliphatic heterocycles. The van der Waals surface area contributed by atoms with Gasteiger partial charge in [-0.25, -0.2) is 4.79 Å². The minimum atomic E-state index is -1.06. The van der Waals surface area contributed by atoms with E-state index in [9.17, 15) is 9.59 Å². The van der Waals surface area contributed by atoms with Gasteiger partial charge >= 0.3 is 5.97 Å². The second-order valence-corrected chi connectivity index (χ2v) is 4.54. The van der Waals surface area contributed by atoms with Crippen LogP contribution in [0.3, 0.4) is 0 Å². The van der Waals surface area contributed by atoms with Crippen LogP contribution < -0.4 is 10.2 Å². The molecule has 6 heteroatoms. The first kappa shape index (κ1) is 12.7. The Kier molecular flexibility index (Phi) is 3.43. The molecule has 0 bridgehead atoms. The maximum absolute atomic E-state index is 11.6. The van der Waals surface area contributed by atoms with Gasteiger partial charge in [-0.3, -0.25) is 4.79 Å². The fraction of sp³-hybridized carbons (Fsp3) is 0.333. The second kappa shape index (κ2) is 4.86. The van der Waals surface area contributed by atoms with Crippen molar-refractivity contribution in [3.8, 4) is 0 Å². The van der Waals surface area contributed by atoms with E-state index in [4.69, 9.17) is 16.7 Å². The number of nitrogens with one attached hydrogen (secondary N) is 1. The van der Waals surface area contributed by atoms with Crippen molar-refractivity contribution in [1.82, 2.24) is 5.32 Å². The van der Waals surface area contributed by atoms with Gasteiger partial charge in [-0.15, -0.1) is 0 Å². The molecular weight excluding hydrogens is 256 g/mol. The molecule has 1 fully saturated rings. The smallest absolute Gasteiger partial charge is 0.337 e. The fourth-order valence-electron chi connectivity index (χ4n) is 1.99. The lowest BCUT2D eigenvalue weighted by molar-refractivity contribution is -0.122. The molecule has 2 N–H and O–H groups in total. The number of carbonyl (C=O) groups excluding carboxylic acids is 1. The number of hydrogen-bond donors (Lipinski definition) is 2. The molecule has 0 radical (unpaired) electrons. The topological polar surface area (TPSA) is 69.6 Å². The van der Waals surface area contributed by atoms with Gasteiger partial charge in [-0.1, -0.05) is 11.6 Å². The van der Waals surface area contributed by atoms with Crippen molar-refractivity contribution in [3.63, 3.8) is 0 Å². The van der Waals surface area contributed by atoms with Gasteiger partial charge in [0.25, 0.3) is 0 Å². The zero-order chi connectivity index (χ0) is 13.3. The molecule has 2 rings (SSSR count). The average molecular weight is 269 g/mol. The molecule has 1 aromatic carbocycles. The van der Waals surface area contributed by atoms with Crippen LogP contribution in [-0.2, 0) is 4.79 Å². The maximum atomic E-state index is 11.6. The Morgan fingerprint density at radius 1 is 1.56 bits per heavy atom. The minimum Gasteiger partial charge on any atom is -0.478 e. The summed E-state index contributed by atoms with van der Waals surface area (Å²) in [5, 5.41) is 11.8. The Bertz CT molecular complexity index is 504. The third-order valence-electron chi connectivity index (χ3n) is 3.01. The minimum absolute atomic E-state index is 0.0420. The van der Waals surface area contributed by atoms with Crippen molar-refractivity contribution in [1.29, 1.82) is 0 Å². The highest BCUT2D eigenvalue weighted by Gasteiger charge is 2.26. The summed E-state index contributed by atoms with van der Waals surface area (Å²) < 4.78 is 0. The summed E-state index contributed by atoms with van der Waals surface area (Å²) in [5.74, 6) is -1.10. The van der Waals surface area contributed by atoms with Crippen LogP contribution in [0.5, 0.6) is 0 Å². The average Bonchev–Trinajstić information content (AvgIpc) is 2.32. The summed E-state index contributed by atoms with van der Waals surface area (Å²) in [5.41, 5.74) is 0.821. The first-order valence-electron chi connectivity index (χ1n) is 5.58. The van der Waals surface area contributed by atoms with E-state index in [1.165, 1.54) is 6.07 Å². The molecule has 0 spiro atoms. The molecular formula is C12H13ClN2O3. The highest BCUT2D eigenvalue weighted by molar-refractivity contribution is 6.33. The van der Waals surface area contributed by atoms with Crippen molar-refractivity contribution in [2.24, 2.45) is 0 Å². The first-order chi connectivity index (χ1) is 8.50. The van der Waals surface area contributed by atoms with E-state index in [2.05, 4.69) is 5.32 Å². The third kappa shape index (κ3) is 2.26. The van der Waals surface area contributed by atoms with Crippen molar-refractivity contribution < 1.29 is 14.7 Å². The lowest BCUT2D eigenvalue weighted by Gasteiger charge is -2.34. The van der Waals surface area contributed by atoms with E-state index in [0.717, 1.165) is 5.69 Å². The van der Waals surface area contributed by atoms with Crippen LogP contribution in [0, 0.1) is 0 Å². The number of amides is 1. The predicted molar refractivity (Wildman–Crippen MR) is 68.2 cm³/mol. The predicted octanol–water partition coefficient (Wildman–Crippen LogP) is 1.36. The van der Waals surface area contributed by atoms with Gasteiger partial charge in [-0.2, -0.15) is 0 Å². The normalized spacial score (nSPS) is 19.6. The molecule has 0 saturated carbocycles. The molecule has 96 valence electrons. The third-order valence-corrected chi connectivity index (χ3v) is 3.33. The highest BCUT2D eigenvalue weighted by atomic mass is 35.5. The summed E-state index contributed by atoms with van der Waals surface area (Å²) in [4.78, 5) is 24.3. The molecule has 1 saturated heterocycles. The lowest BCUT2D eigenvalue weighted by atomic mass is 10.1. The van der Waals surface area contributed by atoms with Crippen LogP contribution in [0.2, 0.25) is 5.02 Å². The summed E-state index contributed by atoms with van der Waals surface area (Å²) >= 11 is 5.92. The van der Waals surface area contributed by atoms with Crippen molar-refractivity contribution >= 4 is 29.2 Å². The monoisotopic (exact) mass is 268 g/mol. The van der Waals surface area contributed by atoms with Crippen molar-refractivity contribution in [2.45, 2.75) is 13.0 Å². The molecule has 0 aliphatic carbocycles. The van der Waals surface area contributed by atoms with Gasteiger partial charge < -0.3 is 15.3 Å². The Labute approximate surface area is 109 Å². The van der Waals surface area contributed by atoms with Crippen LogP contribution in [0.15, 0.2) is 18.2 Å². The Balaban J connectivity index is 2.31. The SMILES string of the molecule is CC1C(=O)NCCN1c1ccc(C(=O)O)c(Cl)c1. The molecule has 1 heterocycles. The zero-order valence-corrected chi connectivity index (χ0v) is 10.6. The van der Waals surface area contributed by atoms with Gasteiger partial charge in [0, 0.05) is 18.8 Å². The van der Waals surface area contributed by atoms with Crippen LogP contribution in [-0.4, -0.2) is 36.1 Å². The first-order valence-corrected chi connectivity index (χ1v) is 5.95. The number of nitrogens with zero attached hydrogens (tertiary/aromatic N) is 1. The van der Waals surface area contributed by atoms with Crippen LogP contribution >= 0.6 is 11.6 Å². The fourth-order valence-corrected chi connectivity index (χ4v) is 2.25. The number of carbonyl (C=O) groups is 2. The van der Waals surface area contributed by atoms with E-state index < -0.39 is 5.97 Å². The Morgan fingerprint density at radius 3 is 2.89 bits per heavy atom. The quantitative estimate of drug-likeness (QED) is 0.850. The number of aromatic carboxylic acids is 1. The Hall–Kier alpha value is -1.75. The number of anilines is 1. The van der Waals surface area contributed by atoms with Gasteiger partial charge in [0.05, 0.1) is 10.6 Å². The number of carboxylic acid groups (broad SMARTS) is 1. The van der Waals surface area contributed by atoms with Crippen LogP contribution in [0.4, 0.5) is 5.69 Å². The molecule has 18 heavy (non-hydrogen) atoms. The zero-order valence-electron chi connectivity index (χ0n) is 9.81. The number of halogens is 1. The number of hydrogen-bond acceptors (Lipinski definition) is 3. The number of piperazine rings is 1. The molecule has 1 amide bonds. The number of benzene rings is 1. The van der Waals surface area contributed by atoms with Gasteiger partial charge in [-0.05, 0) is 25.1 Å². The largest absolute Gasteiger partial charge is 0.478 e. The van der Waals surface area contributed by atoms with Crippen molar-refractivity contribution in [2.75, 3.05) is 18.0 Å². The maximum Gasteiger partial charge on any atom is 0.337 e. The number of rotatable bonds is 2. The van der Waals surface area contributed by atoms with Crippen LogP contribution in [0.1, 0.15) is 17.3 Å². The summed E-state index contributed by atoms with van der Waals surface area (Å²) in [7, 11) is 0. The summed E-state index contributed by atoms with van der Waals surface area (Å²) in [6.07, 6.45) is 0. The van der Waals surface area contributed by atoms with E-state index in [-0.39, 0.29) is 22.5 Å². The van der Waals surface area contributed by atoms with E-state index in [1.807, 2.05) is 4.90 Å². The van der Waals surface area contributed by atoms with E-state index >= 15 is 0 Å². The molecule has 5 nitrogen and oxygen atoms in total. The van der Waals surface area contributed by atoms with Crippen molar-refractivity contribution in [3.05, 3.63) is 28.8 Å². The Morgan fingerprint density at radius 2 is 2.28 bits per heavy atom. The number of carboxylic acids is 1. The summed E-state index contributed by atoms with van der Waals surface area (Å²) in [6.45, 7) is 3.05. The van der Waals surface area contributed by atoms with Gasteiger partial charge in [0.2, 0.25) is 5.91 Å². The lowest BCUT2D eigenvalue weighted by Crippen LogP contribution is -2.54. The summed E-state index contributed by atoms with van der Waals surface area (Å²) in [6, 6.07) is 4.43. The standard InChI is InChI=1S/C12H13ClN2O3/c1-7-11(16)14-4-5-15(7)8-2-3-9(12(17)18)10(13)6-8/h2-3,6-7H,4-5H2,1H3,(H,14,16)(H,17,18). The van der Waals surface area contributed by atoms with E-state index in [0.29, 0.717) is 13.1 Å². The van der Waals surface area contributed by atoms with Gasteiger partial charge in [0.15, 0.2) is 0 Å².